The van der Waals surface area contributed by atoms with E-state index in [9.17, 15) is 19.6 Å². The van der Waals surface area contributed by atoms with Crippen molar-refractivity contribution in [1.82, 2.24) is 19.8 Å². The molecule has 70 heavy (non-hydrogen) atoms. The van der Waals surface area contributed by atoms with E-state index in [2.05, 4.69) is 20.2 Å². The van der Waals surface area contributed by atoms with E-state index in [1.54, 1.807) is 72.1 Å². The van der Waals surface area contributed by atoms with Crippen molar-refractivity contribution in [2.24, 2.45) is 0 Å². The van der Waals surface area contributed by atoms with Gasteiger partial charge in [-0.2, -0.15) is 28.4 Å². The minimum atomic E-state index is -5.21. The third-order valence-electron chi connectivity index (χ3n) is 11.9. The standard InChI is InChI=1S/C49H60F5N7O8S/c1-46(2,3)67-35(62)17-21-65-20-11-19-59-18-10-12-29(59)26-66-43-56-39-31(41(57-43)60-24-27-13-14-28(25-60)61(27)45(64)69-48(7,8)9)22-33(49(52,53)54)37(38(39)51)30-15-16-34(50)40-36(30)32(23-55)42(70-40)58-44(63)68-47(4,5)6/h15-16,22,27-29H,10-14,17-21,24-26H2,1-9H3,(H,58,63)/t27?,28?,29-/m0/s1. The van der Waals surface area contributed by atoms with Gasteiger partial charge in [-0.3, -0.25) is 19.9 Å². The number of nitriles is 1. The first kappa shape index (κ1) is 52.2. The number of esters is 1. The van der Waals surface area contributed by atoms with Crippen molar-refractivity contribution in [1.29, 1.82) is 5.26 Å². The SMILES string of the molecule is CC(C)(C)OC(=O)CCOCCCN1CCC[C@H]1COc1nc(N2CC3CCC(C2)N3C(=O)OC(C)(C)C)c2cc(C(F)(F)F)c(-c3ccc(F)c4sc(NC(=O)OC(C)(C)C)c(C#N)c34)c(F)c2n1. The van der Waals surface area contributed by atoms with Crippen LogP contribution in [-0.2, 0) is 29.9 Å². The fraction of sp³-hybridized carbons (Fsp3) is 0.592. The average Bonchev–Trinajstić information content (AvgIpc) is 3.92. The second kappa shape index (κ2) is 20.3. The summed E-state index contributed by atoms with van der Waals surface area (Å²) in [6.07, 6.45) is -3.17. The first-order valence-corrected chi connectivity index (χ1v) is 24.2. The molecular formula is C49H60F5N7O8S. The van der Waals surface area contributed by atoms with Gasteiger partial charge in [0.05, 0.1) is 40.9 Å². The zero-order valence-electron chi connectivity index (χ0n) is 40.9. The van der Waals surface area contributed by atoms with Crippen molar-refractivity contribution in [2.75, 3.05) is 56.2 Å². The predicted octanol–water partition coefficient (Wildman–Crippen LogP) is 10.6. The number of aromatic nitrogens is 2. The van der Waals surface area contributed by atoms with E-state index in [1.165, 1.54) is 0 Å². The molecule has 2 amide bonds. The predicted molar refractivity (Wildman–Crippen MR) is 253 cm³/mol. The number of thiophene rings is 1. The Morgan fingerprint density at radius 2 is 1.57 bits per heavy atom. The molecule has 3 fully saturated rings. The van der Waals surface area contributed by atoms with E-state index < -0.39 is 86.7 Å². The number of benzene rings is 2. The number of likely N-dealkylation sites (tertiary alicyclic amines) is 1. The largest absolute Gasteiger partial charge is 0.462 e. The lowest BCUT2D eigenvalue weighted by Crippen LogP contribution is -2.57. The number of carbonyl (C=O) groups excluding carboxylic acids is 3. The summed E-state index contributed by atoms with van der Waals surface area (Å²) in [6, 6.07) is 3.25. The van der Waals surface area contributed by atoms with Crippen LogP contribution in [0.1, 0.15) is 112 Å². The van der Waals surface area contributed by atoms with Crippen LogP contribution >= 0.6 is 11.3 Å². The second-order valence-electron chi connectivity index (χ2n) is 20.8. The molecule has 3 saturated heterocycles. The lowest BCUT2D eigenvalue weighted by molar-refractivity contribution is -0.156. The van der Waals surface area contributed by atoms with Crippen molar-refractivity contribution >= 4 is 61.3 Å². The number of hydrogen-bond donors (Lipinski definition) is 1. The summed E-state index contributed by atoms with van der Waals surface area (Å²) in [5.74, 6) is -2.72. The van der Waals surface area contributed by atoms with Gasteiger partial charge < -0.3 is 28.6 Å². The summed E-state index contributed by atoms with van der Waals surface area (Å²) in [5.41, 5.74) is -6.14. The van der Waals surface area contributed by atoms with Crippen LogP contribution in [0.5, 0.6) is 6.01 Å². The van der Waals surface area contributed by atoms with E-state index >= 15 is 22.0 Å². The van der Waals surface area contributed by atoms with Gasteiger partial charge in [0, 0.05) is 48.6 Å². The third-order valence-corrected chi connectivity index (χ3v) is 13.0. The molecule has 0 aliphatic carbocycles. The van der Waals surface area contributed by atoms with Crippen molar-refractivity contribution in [3.8, 4) is 23.2 Å². The van der Waals surface area contributed by atoms with Gasteiger partial charge in [0.1, 0.15) is 51.6 Å². The summed E-state index contributed by atoms with van der Waals surface area (Å²) >= 11 is 0.595. The van der Waals surface area contributed by atoms with Crippen LogP contribution < -0.4 is 15.0 Å². The topological polar surface area (TPSA) is 169 Å². The number of halogens is 5. The Morgan fingerprint density at radius 3 is 2.20 bits per heavy atom. The molecule has 1 N–H and O–H groups in total. The summed E-state index contributed by atoms with van der Waals surface area (Å²) in [6.45, 7) is 17.8. The van der Waals surface area contributed by atoms with Crippen LogP contribution in [0, 0.1) is 23.0 Å². The maximum atomic E-state index is 17.7. The number of amides is 2. The molecular weight excluding hydrogens is 942 g/mol. The number of fused-ring (bicyclic) bond motifs is 4. The molecule has 7 rings (SSSR count). The Morgan fingerprint density at radius 1 is 0.900 bits per heavy atom. The molecule has 2 unspecified atom stereocenters. The molecule has 380 valence electrons. The minimum absolute atomic E-state index is 0.0372. The fourth-order valence-corrected chi connectivity index (χ4v) is 10.3. The first-order chi connectivity index (χ1) is 32.7. The Bertz CT molecular complexity index is 2660. The van der Waals surface area contributed by atoms with Crippen LogP contribution in [0.4, 0.5) is 42.4 Å². The molecule has 0 spiro atoms. The van der Waals surface area contributed by atoms with Crippen molar-refractivity contribution in [2.45, 2.75) is 142 Å². The molecule has 3 aliphatic heterocycles. The highest BCUT2D eigenvalue weighted by Gasteiger charge is 2.46. The highest BCUT2D eigenvalue weighted by Crippen LogP contribution is 2.49. The van der Waals surface area contributed by atoms with Crippen LogP contribution in [0.3, 0.4) is 0 Å². The molecule has 0 radical (unpaired) electrons. The lowest BCUT2D eigenvalue weighted by atomic mass is 9.92. The quantitative estimate of drug-likeness (QED) is 0.0582. The summed E-state index contributed by atoms with van der Waals surface area (Å²) in [4.78, 5) is 53.0. The lowest BCUT2D eigenvalue weighted by Gasteiger charge is -2.42. The highest BCUT2D eigenvalue weighted by molar-refractivity contribution is 7.23. The molecule has 2 aromatic heterocycles. The van der Waals surface area contributed by atoms with Crippen LogP contribution in [0.15, 0.2) is 18.2 Å². The Kier molecular flexibility index (Phi) is 15.1. The minimum Gasteiger partial charge on any atom is -0.462 e. The van der Waals surface area contributed by atoms with Gasteiger partial charge in [-0.15, -0.1) is 11.3 Å². The molecule has 15 nitrogen and oxygen atoms in total. The van der Waals surface area contributed by atoms with E-state index in [0.717, 1.165) is 37.6 Å². The zero-order chi connectivity index (χ0) is 51.1. The molecule has 21 heteroatoms. The number of ether oxygens (including phenoxy) is 5. The number of anilines is 2. The smallest absolute Gasteiger partial charge is 0.417 e. The number of nitrogens with one attached hydrogen (secondary N) is 1. The van der Waals surface area contributed by atoms with Crippen molar-refractivity contribution in [3.05, 3.63) is 41.0 Å². The first-order valence-electron chi connectivity index (χ1n) is 23.4. The molecule has 3 atom stereocenters. The van der Waals surface area contributed by atoms with Gasteiger partial charge in [0.15, 0.2) is 5.82 Å². The molecule has 4 aromatic rings. The van der Waals surface area contributed by atoms with E-state index in [4.69, 9.17) is 23.7 Å². The van der Waals surface area contributed by atoms with Gasteiger partial charge in [-0.25, -0.2) is 18.4 Å². The van der Waals surface area contributed by atoms with Gasteiger partial charge in [0.25, 0.3) is 0 Å². The number of piperazine rings is 1. The van der Waals surface area contributed by atoms with E-state index in [-0.39, 0.29) is 77.0 Å². The summed E-state index contributed by atoms with van der Waals surface area (Å²) in [7, 11) is 0. The van der Waals surface area contributed by atoms with Gasteiger partial charge in [-0.05, 0) is 119 Å². The number of hydrogen-bond acceptors (Lipinski definition) is 14. The number of alkyl halides is 3. The molecule has 5 heterocycles. The van der Waals surface area contributed by atoms with Crippen LogP contribution in [0.2, 0.25) is 0 Å². The maximum absolute atomic E-state index is 17.7. The second-order valence-corrected chi connectivity index (χ2v) is 21.8. The molecule has 2 bridgehead atoms. The maximum Gasteiger partial charge on any atom is 0.417 e. The zero-order valence-corrected chi connectivity index (χ0v) is 41.7. The highest BCUT2D eigenvalue weighted by atomic mass is 32.1. The van der Waals surface area contributed by atoms with Crippen LogP contribution in [-0.4, -0.2) is 119 Å². The normalized spacial score (nSPS) is 18.9. The number of carbonyl (C=O) groups is 3. The third kappa shape index (κ3) is 12.1. The Balaban J connectivity index is 1.26. The summed E-state index contributed by atoms with van der Waals surface area (Å²) < 4.78 is 108. The van der Waals surface area contributed by atoms with Gasteiger partial charge >= 0.3 is 30.3 Å². The van der Waals surface area contributed by atoms with Gasteiger partial charge in [-0.1, -0.05) is 6.07 Å². The van der Waals surface area contributed by atoms with Crippen molar-refractivity contribution in [3.63, 3.8) is 0 Å². The molecule has 3 aliphatic rings. The van der Waals surface area contributed by atoms with E-state index in [1.807, 2.05) is 6.07 Å². The van der Waals surface area contributed by atoms with Crippen LogP contribution in [0.25, 0.3) is 32.1 Å². The summed E-state index contributed by atoms with van der Waals surface area (Å²) in [5, 5.41) is 12.0. The Hall–Kier alpha value is -5.59. The van der Waals surface area contributed by atoms with Gasteiger partial charge in [0.2, 0.25) is 0 Å². The molecule has 2 aromatic carbocycles. The van der Waals surface area contributed by atoms with Crippen molar-refractivity contribution < 1.29 is 60.0 Å². The monoisotopic (exact) mass is 1000 g/mol. The average molecular weight is 1000 g/mol. The number of nitrogens with zero attached hydrogens (tertiary/aromatic N) is 6. The molecule has 0 saturated carbocycles. The number of rotatable bonds is 13. The fourth-order valence-electron chi connectivity index (χ4n) is 9.21. The van der Waals surface area contributed by atoms with E-state index in [0.29, 0.717) is 43.8 Å². The Labute approximate surface area is 407 Å².